The van der Waals surface area contributed by atoms with Crippen LogP contribution < -0.4 is 11.4 Å². The van der Waals surface area contributed by atoms with E-state index in [1.807, 2.05) is 0 Å². The van der Waals surface area contributed by atoms with E-state index in [-0.39, 0.29) is 17.7 Å². The van der Waals surface area contributed by atoms with Crippen molar-refractivity contribution in [2.45, 2.75) is 18.5 Å². The van der Waals surface area contributed by atoms with Crippen molar-refractivity contribution < 1.29 is 18.6 Å². The van der Waals surface area contributed by atoms with Crippen LogP contribution in [-0.2, 0) is 4.74 Å². The summed E-state index contributed by atoms with van der Waals surface area (Å²) < 4.78 is 32.8. The van der Waals surface area contributed by atoms with Gasteiger partial charge in [0, 0.05) is 22.9 Å². The third-order valence-corrected chi connectivity index (χ3v) is 3.17. The van der Waals surface area contributed by atoms with Gasteiger partial charge in [0.05, 0.1) is 12.9 Å². The molecular weight excluding hydrogens is 308 g/mol. The molecule has 3 atom stereocenters. The average Bonchev–Trinajstić information content (AvgIpc) is 2.78. The van der Waals surface area contributed by atoms with Gasteiger partial charge in [-0.25, -0.2) is 13.6 Å². The molecule has 3 unspecified atom stereocenters. The van der Waals surface area contributed by atoms with Crippen LogP contribution in [0.3, 0.4) is 0 Å². The number of aliphatic hydroxyl groups excluding tert-OH is 1. The van der Waals surface area contributed by atoms with E-state index in [2.05, 4.69) is 4.98 Å². The van der Waals surface area contributed by atoms with Gasteiger partial charge in [-0.3, -0.25) is 4.57 Å². The maximum atomic E-state index is 13.9. The standard InChI is InChI=1S/C12H12ClF2N3O3/c13-2-1-6-4-18(12(20)17-10(6)16)11-7(3-14)9(15)8(5-19)21-11/h1-4,8-9,11,19H,5H2,(H2,16,17,20)/b2-1+,7-3+. The van der Waals surface area contributed by atoms with Gasteiger partial charge in [0.1, 0.15) is 11.9 Å². The molecule has 0 amide bonds. The summed E-state index contributed by atoms with van der Waals surface area (Å²) in [5.74, 6) is -0.0765. The van der Waals surface area contributed by atoms with Crippen molar-refractivity contribution >= 4 is 23.5 Å². The Hall–Kier alpha value is -1.77. The molecule has 1 aromatic rings. The van der Waals surface area contributed by atoms with Crippen molar-refractivity contribution in [2.24, 2.45) is 0 Å². The topological polar surface area (TPSA) is 90.4 Å². The lowest BCUT2D eigenvalue weighted by Gasteiger charge is -2.15. The monoisotopic (exact) mass is 319 g/mol. The number of nitrogen functional groups attached to an aromatic ring is 1. The van der Waals surface area contributed by atoms with E-state index in [1.165, 1.54) is 12.3 Å². The van der Waals surface area contributed by atoms with Crippen LogP contribution in [0.1, 0.15) is 11.8 Å². The highest BCUT2D eigenvalue weighted by Crippen LogP contribution is 2.35. The summed E-state index contributed by atoms with van der Waals surface area (Å²) in [6, 6.07) is 0. The number of aliphatic hydroxyl groups is 1. The SMILES string of the molecule is Nc1nc(=O)n(C2OC(CO)C(F)/C2=C\F)cc1/C=C/Cl. The minimum absolute atomic E-state index is 0.0187. The number of hydrogen-bond donors (Lipinski definition) is 2. The van der Waals surface area contributed by atoms with Crippen LogP contribution in [0.5, 0.6) is 0 Å². The molecule has 114 valence electrons. The second-order valence-electron chi connectivity index (χ2n) is 4.28. The number of aromatic nitrogens is 2. The Bertz CT molecular complexity index is 647. The molecule has 2 heterocycles. The maximum absolute atomic E-state index is 13.9. The van der Waals surface area contributed by atoms with Crippen LogP contribution in [0.15, 0.2) is 28.4 Å². The molecule has 21 heavy (non-hydrogen) atoms. The third kappa shape index (κ3) is 2.82. The number of nitrogens with two attached hydrogens (primary N) is 1. The molecule has 6 nitrogen and oxygen atoms in total. The van der Waals surface area contributed by atoms with E-state index in [4.69, 9.17) is 27.2 Å². The first-order valence-corrected chi connectivity index (χ1v) is 6.33. The summed E-state index contributed by atoms with van der Waals surface area (Å²) >= 11 is 5.44. The van der Waals surface area contributed by atoms with Gasteiger partial charge in [-0.1, -0.05) is 11.6 Å². The molecule has 0 bridgehead atoms. The largest absolute Gasteiger partial charge is 0.394 e. The third-order valence-electron chi connectivity index (χ3n) is 3.05. The summed E-state index contributed by atoms with van der Waals surface area (Å²) in [6.07, 6.45) is -1.85. The summed E-state index contributed by atoms with van der Waals surface area (Å²) in [5, 5.41) is 9.00. The molecule has 0 aromatic carbocycles. The van der Waals surface area contributed by atoms with Crippen molar-refractivity contribution in [3.05, 3.63) is 39.7 Å². The lowest BCUT2D eigenvalue weighted by molar-refractivity contribution is -0.0322. The molecule has 1 aliphatic heterocycles. The van der Waals surface area contributed by atoms with Gasteiger partial charge in [-0.15, -0.1) is 0 Å². The molecular formula is C12H12ClF2N3O3. The van der Waals surface area contributed by atoms with Crippen molar-refractivity contribution in [3.63, 3.8) is 0 Å². The van der Waals surface area contributed by atoms with Crippen LogP contribution >= 0.6 is 11.6 Å². The molecule has 9 heteroatoms. The van der Waals surface area contributed by atoms with Gasteiger partial charge in [-0.2, -0.15) is 4.98 Å². The second kappa shape index (κ2) is 6.33. The number of ether oxygens (including phenoxy) is 1. The number of anilines is 1. The molecule has 0 aliphatic carbocycles. The Kier molecular flexibility index (Phi) is 4.71. The highest BCUT2D eigenvalue weighted by molar-refractivity contribution is 6.27. The highest BCUT2D eigenvalue weighted by atomic mass is 35.5. The Balaban J connectivity index is 2.51. The zero-order valence-corrected chi connectivity index (χ0v) is 11.4. The minimum atomic E-state index is -1.86. The predicted molar refractivity (Wildman–Crippen MR) is 72.9 cm³/mol. The predicted octanol–water partition coefficient (Wildman–Crippen LogP) is 1.12. The van der Waals surface area contributed by atoms with E-state index in [1.54, 1.807) is 0 Å². The summed E-state index contributed by atoms with van der Waals surface area (Å²) in [6.45, 7) is -0.652. The molecule has 3 N–H and O–H groups in total. The number of hydrogen-bond acceptors (Lipinski definition) is 5. The normalized spacial score (nSPS) is 27.8. The van der Waals surface area contributed by atoms with E-state index < -0.39 is 36.4 Å². The van der Waals surface area contributed by atoms with Gasteiger partial charge in [0.25, 0.3) is 0 Å². The van der Waals surface area contributed by atoms with Crippen molar-refractivity contribution in [1.82, 2.24) is 9.55 Å². The molecule has 1 fully saturated rings. The molecule has 1 aromatic heterocycles. The van der Waals surface area contributed by atoms with Gasteiger partial charge in [0.15, 0.2) is 12.4 Å². The van der Waals surface area contributed by atoms with Gasteiger partial charge >= 0.3 is 5.69 Å². The first-order chi connectivity index (χ1) is 10.0. The zero-order valence-electron chi connectivity index (χ0n) is 10.6. The second-order valence-corrected chi connectivity index (χ2v) is 4.54. The molecule has 2 rings (SSSR count). The van der Waals surface area contributed by atoms with Crippen LogP contribution in [0, 0.1) is 0 Å². The lowest BCUT2D eigenvalue weighted by Crippen LogP contribution is -2.29. The minimum Gasteiger partial charge on any atom is -0.394 e. The van der Waals surface area contributed by atoms with Gasteiger partial charge in [-0.05, 0) is 6.08 Å². The van der Waals surface area contributed by atoms with Crippen LogP contribution in [0.25, 0.3) is 6.08 Å². The first kappa shape index (κ1) is 15.6. The number of rotatable bonds is 3. The summed E-state index contributed by atoms with van der Waals surface area (Å²) in [4.78, 5) is 15.4. The van der Waals surface area contributed by atoms with E-state index in [0.717, 1.165) is 10.1 Å². The number of halogens is 3. The van der Waals surface area contributed by atoms with E-state index >= 15 is 0 Å². The quantitative estimate of drug-likeness (QED) is 0.871. The van der Waals surface area contributed by atoms with Crippen LogP contribution in [-0.4, -0.2) is 33.5 Å². The molecule has 1 saturated heterocycles. The van der Waals surface area contributed by atoms with E-state index in [0.29, 0.717) is 0 Å². The average molecular weight is 320 g/mol. The van der Waals surface area contributed by atoms with Gasteiger partial charge in [0.2, 0.25) is 0 Å². The Morgan fingerprint density at radius 2 is 2.33 bits per heavy atom. The highest BCUT2D eigenvalue weighted by Gasteiger charge is 2.41. The first-order valence-electron chi connectivity index (χ1n) is 5.89. The van der Waals surface area contributed by atoms with Crippen molar-refractivity contribution in [2.75, 3.05) is 12.3 Å². The molecule has 0 spiro atoms. The fourth-order valence-electron chi connectivity index (χ4n) is 2.00. The van der Waals surface area contributed by atoms with Crippen LogP contribution in [0.4, 0.5) is 14.6 Å². The molecule has 1 aliphatic rings. The zero-order chi connectivity index (χ0) is 15.6. The smallest absolute Gasteiger partial charge is 0.351 e. The van der Waals surface area contributed by atoms with Crippen LogP contribution in [0.2, 0.25) is 0 Å². The van der Waals surface area contributed by atoms with Crippen molar-refractivity contribution in [1.29, 1.82) is 0 Å². The Morgan fingerprint density at radius 3 is 2.90 bits per heavy atom. The number of nitrogens with zero attached hydrogens (tertiary/aromatic N) is 2. The molecule has 0 saturated carbocycles. The summed E-state index contributed by atoms with van der Waals surface area (Å²) in [5.41, 5.74) is 5.73. The van der Waals surface area contributed by atoms with Crippen molar-refractivity contribution in [3.8, 4) is 0 Å². The maximum Gasteiger partial charge on any atom is 0.351 e. The number of alkyl halides is 1. The fraction of sp³-hybridized carbons (Fsp3) is 0.333. The fourth-order valence-corrected chi connectivity index (χ4v) is 2.14. The summed E-state index contributed by atoms with van der Waals surface area (Å²) in [7, 11) is 0. The molecule has 0 radical (unpaired) electrons. The van der Waals surface area contributed by atoms with E-state index in [9.17, 15) is 13.6 Å². The Morgan fingerprint density at radius 1 is 1.62 bits per heavy atom. The lowest BCUT2D eigenvalue weighted by atomic mass is 10.1. The Labute approximate surface area is 123 Å². The van der Waals surface area contributed by atoms with Gasteiger partial charge < -0.3 is 15.6 Å².